The molecule has 10 heteroatoms. The number of thioether (sulfide) groups is 1. The number of carbonyl (C=O) groups is 2. The lowest BCUT2D eigenvalue weighted by Gasteiger charge is -2.36. The van der Waals surface area contributed by atoms with Crippen molar-refractivity contribution in [2.75, 3.05) is 56.4 Å². The quantitative estimate of drug-likeness (QED) is 0.437. The van der Waals surface area contributed by atoms with Gasteiger partial charge in [-0.25, -0.2) is 4.98 Å². The number of hydrogen-bond donors (Lipinski definition) is 1. The van der Waals surface area contributed by atoms with E-state index >= 15 is 0 Å². The van der Waals surface area contributed by atoms with E-state index in [-0.39, 0.29) is 24.0 Å². The predicted molar refractivity (Wildman–Crippen MR) is 140 cm³/mol. The molecule has 4 rings (SSSR count). The Kier molecular flexibility index (Phi) is 8.49. The van der Waals surface area contributed by atoms with E-state index in [1.807, 2.05) is 34.5 Å². The van der Waals surface area contributed by atoms with Crippen LogP contribution in [0.3, 0.4) is 0 Å². The summed E-state index contributed by atoms with van der Waals surface area (Å²) in [5.74, 6) is 1.80. The van der Waals surface area contributed by atoms with Gasteiger partial charge in [0, 0.05) is 42.9 Å². The summed E-state index contributed by atoms with van der Waals surface area (Å²) in [7, 11) is 3.26. The summed E-state index contributed by atoms with van der Waals surface area (Å²) in [6.45, 7) is 2.95. The third-order valence-electron chi connectivity index (χ3n) is 5.63. The van der Waals surface area contributed by atoms with E-state index in [9.17, 15) is 9.59 Å². The second kappa shape index (κ2) is 11.9. The highest BCUT2D eigenvalue weighted by molar-refractivity contribution is 8.01. The first-order chi connectivity index (χ1) is 17.0. The van der Waals surface area contributed by atoms with Gasteiger partial charge in [-0.05, 0) is 48.5 Å². The van der Waals surface area contributed by atoms with Crippen LogP contribution in [0.2, 0.25) is 0 Å². The average molecular weight is 513 g/mol. The molecule has 2 amide bonds. The van der Waals surface area contributed by atoms with Gasteiger partial charge >= 0.3 is 0 Å². The van der Waals surface area contributed by atoms with E-state index in [2.05, 4.69) is 15.2 Å². The lowest BCUT2D eigenvalue weighted by Crippen LogP contribution is -2.49. The lowest BCUT2D eigenvalue weighted by atomic mass is 10.2. The molecule has 0 atom stereocenters. The molecule has 1 saturated heterocycles. The van der Waals surface area contributed by atoms with Crippen molar-refractivity contribution in [3.63, 3.8) is 0 Å². The smallest absolute Gasteiger partial charge is 0.234 e. The van der Waals surface area contributed by atoms with E-state index in [0.29, 0.717) is 18.8 Å². The Bertz CT molecular complexity index is 1130. The highest BCUT2D eigenvalue weighted by Crippen LogP contribution is 2.24. The molecule has 0 bridgehead atoms. The molecule has 1 aliphatic heterocycles. The number of hydrogen-bond acceptors (Lipinski definition) is 8. The summed E-state index contributed by atoms with van der Waals surface area (Å²) < 4.78 is 11.1. The molecule has 2 heterocycles. The molecule has 184 valence electrons. The molecular weight excluding hydrogens is 484 g/mol. The molecule has 0 spiro atoms. The number of nitrogens with one attached hydrogen (secondary N) is 1. The van der Waals surface area contributed by atoms with Gasteiger partial charge in [0.1, 0.15) is 11.5 Å². The zero-order valence-electron chi connectivity index (χ0n) is 19.7. The maximum Gasteiger partial charge on any atom is 0.234 e. The summed E-state index contributed by atoms with van der Waals surface area (Å²) in [5.41, 5.74) is 2.60. The molecule has 1 N–H and O–H groups in total. The van der Waals surface area contributed by atoms with Crippen molar-refractivity contribution < 1.29 is 19.1 Å². The first-order valence-electron chi connectivity index (χ1n) is 11.2. The number of methoxy groups -OCH3 is 2. The number of benzene rings is 2. The molecule has 0 radical (unpaired) electrons. The number of anilines is 2. The van der Waals surface area contributed by atoms with Crippen molar-refractivity contribution >= 4 is 46.3 Å². The Morgan fingerprint density at radius 1 is 0.971 bits per heavy atom. The second-order valence-electron chi connectivity index (χ2n) is 7.91. The van der Waals surface area contributed by atoms with Crippen LogP contribution in [0.5, 0.6) is 11.5 Å². The number of ether oxygens (including phenoxy) is 2. The van der Waals surface area contributed by atoms with Crippen molar-refractivity contribution in [2.24, 2.45) is 0 Å². The fraction of sp³-hybridized carbons (Fsp3) is 0.320. The summed E-state index contributed by atoms with van der Waals surface area (Å²) in [6, 6.07) is 15.2. The standard InChI is InChI=1S/C25H28N4O4S2/c1-32-21-7-3-18(4-8-21)26-23(30)17-35-25-27-19(16-34-25)15-24(31)29-13-11-28(12-14-29)20-5-9-22(33-2)10-6-20/h3-10,16H,11-15,17H2,1-2H3,(H,26,30). The van der Waals surface area contributed by atoms with Crippen LogP contribution >= 0.6 is 23.1 Å². The molecule has 0 saturated carbocycles. The van der Waals surface area contributed by atoms with Gasteiger partial charge in [0.15, 0.2) is 4.34 Å². The highest BCUT2D eigenvalue weighted by atomic mass is 32.2. The number of nitrogens with zero attached hydrogens (tertiary/aromatic N) is 3. The minimum absolute atomic E-state index is 0.0819. The predicted octanol–water partition coefficient (Wildman–Crippen LogP) is 3.78. The van der Waals surface area contributed by atoms with Crippen LogP contribution in [-0.2, 0) is 16.0 Å². The van der Waals surface area contributed by atoms with Gasteiger partial charge in [0.2, 0.25) is 11.8 Å². The average Bonchev–Trinajstić information content (AvgIpc) is 3.35. The van der Waals surface area contributed by atoms with Crippen LogP contribution in [0.4, 0.5) is 11.4 Å². The van der Waals surface area contributed by atoms with Gasteiger partial charge in [-0.1, -0.05) is 11.8 Å². The van der Waals surface area contributed by atoms with Crippen LogP contribution in [0.25, 0.3) is 0 Å². The van der Waals surface area contributed by atoms with Gasteiger partial charge < -0.3 is 24.6 Å². The SMILES string of the molecule is COc1ccc(NC(=O)CSc2nc(CC(=O)N3CCN(c4ccc(OC)cc4)CC3)cs2)cc1. The molecule has 3 aromatic rings. The molecule has 8 nitrogen and oxygen atoms in total. The number of piperazine rings is 1. The third-order valence-corrected chi connectivity index (χ3v) is 7.70. The second-order valence-corrected chi connectivity index (χ2v) is 9.99. The number of aromatic nitrogens is 1. The number of thiazole rings is 1. The van der Waals surface area contributed by atoms with Crippen molar-refractivity contribution in [1.82, 2.24) is 9.88 Å². The maximum atomic E-state index is 12.8. The molecule has 0 aliphatic carbocycles. The van der Waals surface area contributed by atoms with E-state index in [1.165, 1.54) is 23.1 Å². The monoisotopic (exact) mass is 512 g/mol. The van der Waals surface area contributed by atoms with E-state index in [1.54, 1.807) is 38.5 Å². The van der Waals surface area contributed by atoms with Crippen LogP contribution in [0.15, 0.2) is 58.3 Å². The largest absolute Gasteiger partial charge is 0.497 e. The highest BCUT2D eigenvalue weighted by Gasteiger charge is 2.22. The topological polar surface area (TPSA) is 84.0 Å². The Labute approximate surface area is 213 Å². The van der Waals surface area contributed by atoms with E-state index < -0.39 is 0 Å². The number of carbonyl (C=O) groups excluding carboxylic acids is 2. The Morgan fingerprint density at radius 3 is 2.23 bits per heavy atom. The molecule has 1 aliphatic rings. The van der Waals surface area contributed by atoms with Gasteiger partial charge in [0.05, 0.1) is 32.1 Å². The van der Waals surface area contributed by atoms with Crippen LogP contribution < -0.4 is 19.7 Å². The molecule has 1 fully saturated rings. The normalized spacial score (nSPS) is 13.4. The Balaban J connectivity index is 1.20. The maximum absolute atomic E-state index is 12.8. The van der Waals surface area contributed by atoms with Crippen LogP contribution in [-0.4, -0.2) is 67.8 Å². The van der Waals surface area contributed by atoms with Gasteiger partial charge in [-0.15, -0.1) is 11.3 Å². The van der Waals surface area contributed by atoms with Crippen molar-refractivity contribution in [3.8, 4) is 11.5 Å². The van der Waals surface area contributed by atoms with E-state index in [0.717, 1.165) is 40.3 Å². The molecule has 0 unspecified atom stereocenters. The molecule has 2 aromatic carbocycles. The van der Waals surface area contributed by atoms with Crippen molar-refractivity contribution in [1.29, 1.82) is 0 Å². The van der Waals surface area contributed by atoms with Gasteiger partial charge in [-0.2, -0.15) is 0 Å². The van der Waals surface area contributed by atoms with Gasteiger partial charge in [0.25, 0.3) is 0 Å². The zero-order valence-corrected chi connectivity index (χ0v) is 21.4. The van der Waals surface area contributed by atoms with Crippen molar-refractivity contribution in [3.05, 3.63) is 59.6 Å². The van der Waals surface area contributed by atoms with Crippen LogP contribution in [0, 0.1) is 0 Å². The number of rotatable bonds is 9. The van der Waals surface area contributed by atoms with Gasteiger partial charge in [-0.3, -0.25) is 9.59 Å². The Morgan fingerprint density at radius 2 is 1.60 bits per heavy atom. The lowest BCUT2D eigenvalue weighted by molar-refractivity contribution is -0.130. The Hall–Kier alpha value is -3.24. The fourth-order valence-electron chi connectivity index (χ4n) is 3.71. The van der Waals surface area contributed by atoms with Crippen molar-refractivity contribution in [2.45, 2.75) is 10.8 Å². The van der Waals surface area contributed by atoms with E-state index in [4.69, 9.17) is 9.47 Å². The summed E-state index contributed by atoms with van der Waals surface area (Å²) in [6.07, 6.45) is 0.275. The molecule has 35 heavy (non-hydrogen) atoms. The third kappa shape index (κ3) is 6.89. The first-order valence-corrected chi connectivity index (χ1v) is 13.1. The van der Waals surface area contributed by atoms with Crippen LogP contribution in [0.1, 0.15) is 5.69 Å². The summed E-state index contributed by atoms with van der Waals surface area (Å²) >= 11 is 2.83. The minimum Gasteiger partial charge on any atom is -0.497 e. The summed E-state index contributed by atoms with van der Waals surface area (Å²) in [4.78, 5) is 33.7. The number of amides is 2. The minimum atomic E-state index is -0.109. The molecular formula is C25H28N4O4S2. The zero-order chi connectivity index (χ0) is 24.6. The fourth-order valence-corrected chi connectivity index (χ4v) is 5.35. The molecule has 1 aromatic heterocycles. The first kappa shape index (κ1) is 24.9. The summed E-state index contributed by atoms with van der Waals surface area (Å²) in [5, 5.41) is 4.76.